The Morgan fingerprint density at radius 3 is 2.39 bits per heavy atom. The molecular formula is C12H14BrN3O2. The van der Waals surface area contributed by atoms with Gasteiger partial charge in [-0.25, -0.2) is 0 Å². The fourth-order valence-electron chi connectivity index (χ4n) is 1.15. The molecule has 18 heavy (non-hydrogen) atoms. The van der Waals surface area contributed by atoms with Gasteiger partial charge in [-0.1, -0.05) is 22.5 Å². The van der Waals surface area contributed by atoms with Crippen molar-refractivity contribution in [3.05, 3.63) is 41.0 Å². The van der Waals surface area contributed by atoms with E-state index in [-0.39, 0.29) is 18.2 Å². The molecule has 2 amide bonds. The topological polar surface area (TPSA) is 70.2 Å². The first-order valence-corrected chi connectivity index (χ1v) is 6.02. The van der Waals surface area contributed by atoms with Crippen molar-refractivity contribution in [3.63, 3.8) is 0 Å². The van der Waals surface area contributed by atoms with Gasteiger partial charge in [0.15, 0.2) is 0 Å². The summed E-state index contributed by atoms with van der Waals surface area (Å²) in [5, 5.41) is 2.71. The minimum absolute atomic E-state index is 0.0797. The van der Waals surface area contributed by atoms with Crippen LogP contribution in [0.1, 0.15) is 13.3 Å². The van der Waals surface area contributed by atoms with E-state index in [0.29, 0.717) is 11.4 Å². The van der Waals surface area contributed by atoms with Crippen molar-refractivity contribution in [2.75, 3.05) is 5.32 Å². The Kier molecular flexibility index (Phi) is 5.38. The first-order valence-electron chi connectivity index (χ1n) is 5.23. The van der Waals surface area contributed by atoms with Gasteiger partial charge in [0.1, 0.15) is 0 Å². The van der Waals surface area contributed by atoms with Crippen molar-refractivity contribution in [1.29, 1.82) is 0 Å². The van der Waals surface area contributed by atoms with Gasteiger partial charge >= 0.3 is 0 Å². The van der Waals surface area contributed by atoms with Crippen LogP contribution < -0.4 is 16.2 Å². The molecule has 0 unspecified atom stereocenters. The Morgan fingerprint density at radius 2 is 1.83 bits per heavy atom. The summed E-state index contributed by atoms with van der Waals surface area (Å²) in [5.74, 6) is -0.454. The second-order valence-electron chi connectivity index (χ2n) is 3.64. The molecule has 0 fully saturated rings. The highest BCUT2D eigenvalue weighted by atomic mass is 79.9. The number of carbonyl (C=O) groups excluding carboxylic acids is 2. The van der Waals surface area contributed by atoms with E-state index in [1.807, 2.05) is 12.1 Å². The number of hydrogen-bond donors (Lipinski definition) is 3. The zero-order valence-corrected chi connectivity index (χ0v) is 11.5. The highest BCUT2D eigenvalue weighted by Gasteiger charge is 2.05. The van der Waals surface area contributed by atoms with Crippen molar-refractivity contribution in [2.24, 2.45) is 0 Å². The lowest BCUT2D eigenvalue weighted by Gasteiger charge is -2.10. The molecule has 96 valence electrons. The van der Waals surface area contributed by atoms with Crippen molar-refractivity contribution < 1.29 is 9.59 Å². The molecule has 1 rings (SSSR count). The Labute approximate surface area is 114 Å². The maximum Gasteiger partial charge on any atom is 0.235 e. The molecule has 0 saturated carbocycles. The molecule has 3 N–H and O–H groups in total. The summed E-state index contributed by atoms with van der Waals surface area (Å²) in [4.78, 5) is 22.3. The van der Waals surface area contributed by atoms with Crippen molar-refractivity contribution >= 4 is 33.4 Å². The Morgan fingerprint density at radius 1 is 1.22 bits per heavy atom. The third-order valence-electron chi connectivity index (χ3n) is 1.92. The number of rotatable bonds is 5. The Bertz CT molecular complexity index is 457. The number of hydrazine groups is 1. The number of nitrogens with one attached hydrogen (secondary N) is 3. The van der Waals surface area contributed by atoms with Crippen molar-refractivity contribution in [2.45, 2.75) is 13.3 Å². The molecule has 0 radical (unpaired) electrons. The van der Waals surface area contributed by atoms with E-state index in [1.165, 1.54) is 6.92 Å². The smallest absolute Gasteiger partial charge is 0.235 e. The van der Waals surface area contributed by atoms with Crippen LogP contribution in [0.4, 0.5) is 5.69 Å². The molecule has 0 aromatic heterocycles. The number of hydrogen-bond acceptors (Lipinski definition) is 3. The molecule has 0 aliphatic heterocycles. The molecule has 1 aromatic rings. The fourth-order valence-corrected chi connectivity index (χ4v) is 1.42. The summed E-state index contributed by atoms with van der Waals surface area (Å²) < 4.78 is 0.942. The second kappa shape index (κ2) is 6.80. The monoisotopic (exact) mass is 311 g/mol. The van der Waals surface area contributed by atoms with Crippen LogP contribution >= 0.6 is 15.9 Å². The van der Waals surface area contributed by atoms with Crippen LogP contribution in [0.25, 0.3) is 0 Å². The Hall–Kier alpha value is -1.82. The quantitative estimate of drug-likeness (QED) is 0.728. The van der Waals surface area contributed by atoms with Gasteiger partial charge in [0.2, 0.25) is 11.8 Å². The molecule has 0 saturated heterocycles. The van der Waals surface area contributed by atoms with Gasteiger partial charge < -0.3 is 10.7 Å². The lowest BCUT2D eigenvalue weighted by Crippen LogP contribution is -2.35. The van der Waals surface area contributed by atoms with Gasteiger partial charge in [-0.2, -0.15) is 0 Å². The average Bonchev–Trinajstić information content (AvgIpc) is 2.29. The number of amides is 2. The van der Waals surface area contributed by atoms with Crippen LogP contribution in [-0.2, 0) is 9.59 Å². The zero-order chi connectivity index (χ0) is 13.5. The van der Waals surface area contributed by atoms with Crippen LogP contribution in [-0.4, -0.2) is 11.8 Å². The maximum absolute atomic E-state index is 11.6. The van der Waals surface area contributed by atoms with E-state index < -0.39 is 0 Å². The summed E-state index contributed by atoms with van der Waals surface area (Å²) in [6.07, 6.45) is 0.0797. The largest absolute Gasteiger partial charge is 0.326 e. The number of anilines is 1. The van der Waals surface area contributed by atoms with E-state index in [4.69, 9.17) is 0 Å². The summed E-state index contributed by atoms with van der Waals surface area (Å²) in [6.45, 7) is 4.99. The highest BCUT2D eigenvalue weighted by Crippen LogP contribution is 2.14. The van der Waals surface area contributed by atoms with E-state index in [0.717, 1.165) is 4.47 Å². The zero-order valence-electron chi connectivity index (χ0n) is 9.92. The lowest BCUT2D eigenvalue weighted by molar-refractivity contribution is -0.120. The molecule has 5 nitrogen and oxygen atoms in total. The molecule has 0 spiro atoms. The molecule has 6 heteroatoms. The third-order valence-corrected chi connectivity index (χ3v) is 2.45. The second-order valence-corrected chi connectivity index (χ2v) is 4.56. The number of carbonyl (C=O) groups is 2. The third kappa shape index (κ3) is 5.49. The lowest BCUT2D eigenvalue weighted by atomic mass is 10.3. The highest BCUT2D eigenvalue weighted by molar-refractivity contribution is 9.10. The van der Waals surface area contributed by atoms with Crippen molar-refractivity contribution in [3.8, 4) is 0 Å². The van der Waals surface area contributed by atoms with Crippen LogP contribution in [0, 0.1) is 0 Å². The molecular weight excluding hydrogens is 298 g/mol. The number of benzene rings is 1. The maximum atomic E-state index is 11.6. The summed E-state index contributed by atoms with van der Waals surface area (Å²) in [7, 11) is 0. The van der Waals surface area contributed by atoms with Crippen LogP contribution in [0.3, 0.4) is 0 Å². The normalized spacial score (nSPS) is 9.44. The molecule has 0 heterocycles. The Balaban J connectivity index is 2.39. The van der Waals surface area contributed by atoms with E-state index >= 15 is 0 Å². The molecule has 0 aliphatic carbocycles. The molecule has 0 atom stereocenters. The molecule has 0 aliphatic rings. The number of halogens is 1. The van der Waals surface area contributed by atoms with E-state index in [2.05, 4.69) is 38.7 Å². The fraction of sp³-hybridized carbons (Fsp3) is 0.167. The minimum atomic E-state index is -0.246. The minimum Gasteiger partial charge on any atom is -0.326 e. The van der Waals surface area contributed by atoms with Gasteiger partial charge in [-0.15, -0.1) is 0 Å². The predicted octanol–water partition coefficient (Wildman–Crippen LogP) is 1.93. The van der Waals surface area contributed by atoms with Crippen LogP contribution in [0.2, 0.25) is 0 Å². The standard InChI is InChI=1S/C12H14BrN3O2/c1-8(15-16-9(2)17)7-12(18)14-11-5-3-10(13)4-6-11/h3-6,15H,1,7H2,2H3,(H,14,18)(H,16,17). The summed E-state index contributed by atoms with van der Waals surface area (Å²) >= 11 is 3.31. The molecule has 0 bridgehead atoms. The van der Waals surface area contributed by atoms with E-state index in [1.54, 1.807) is 12.1 Å². The average molecular weight is 312 g/mol. The van der Waals surface area contributed by atoms with Crippen LogP contribution in [0.15, 0.2) is 41.0 Å². The van der Waals surface area contributed by atoms with E-state index in [9.17, 15) is 9.59 Å². The first-order chi connectivity index (χ1) is 8.47. The van der Waals surface area contributed by atoms with Gasteiger partial charge in [0.05, 0.1) is 6.42 Å². The van der Waals surface area contributed by atoms with Crippen molar-refractivity contribution in [1.82, 2.24) is 10.9 Å². The van der Waals surface area contributed by atoms with Crippen LogP contribution in [0.5, 0.6) is 0 Å². The summed E-state index contributed by atoms with van der Waals surface area (Å²) in [6, 6.07) is 7.23. The van der Waals surface area contributed by atoms with Gasteiger partial charge in [0, 0.05) is 22.8 Å². The predicted molar refractivity (Wildman–Crippen MR) is 73.5 cm³/mol. The van der Waals surface area contributed by atoms with Gasteiger partial charge in [0.25, 0.3) is 0 Å². The molecule has 1 aromatic carbocycles. The SMILES string of the molecule is C=C(CC(=O)Nc1ccc(Br)cc1)NNC(C)=O. The van der Waals surface area contributed by atoms with Gasteiger partial charge in [-0.3, -0.25) is 15.0 Å². The first kappa shape index (κ1) is 14.2. The summed E-state index contributed by atoms with van der Waals surface area (Å²) in [5.41, 5.74) is 6.01. The van der Waals surface area contributed by atoms with Gasteiger partial charge in [-0.05, 0) is 24.3 Å².